The smallest absolute Gasteiger partial charge is 0.161 e. The van der Waals surface area contributed by atoms with Gasteiger partial charge in [-0.2, -0.15) is 0 Å². The SMILES string of the molecule is CC(C)(F)c1cc2c(cc1C(O)CN)OCCO2. The van der Waals surface area contributed by atoms with Gasteiger partial charge in [0.25, 0.3) is 0 Å². The highest BCUT2D eigenvalue weighted by Gasteiger charge is 2.28. The summed E-state index contributed by atoms with van der Waals surface area (Å²) >= 11 is 0. The molecule has 1 aliphatic rings. The maximum absolute atomic E-state index is 14.2. The fraction of sp³-hybridized carbons (Fsp3) is 0.538. The van der Waals surface area contributed by atoms with Crippen LogP contribution in [0, 0.1) is 0 Å². The van der Waals surface area contributed by atoms with Crippen LogP contribution >= 0.6 is 0 Å². The van der Waals surface area contributed by atoms with Crippen molar-refractivity contribution in [1.29, 1.82) is 0 Å². The van der Waals surface area contributed by atoms with Crippen LogP contribution in [0.2, 0.25) is 0 Å². The predicted molar refractivity (Wildman–Crippen MR) is 65.6 cm³/mol. The standard InChI is InChI=1S/C13H18FNO3/c1-13(2,14)9-6-12-11(17-3-4-18-12)5-8(9)10(16)7-15/h5-6,10,16H,3-4,7,15H2,1-2H3. The molecule has 100 valence electrons. The highest BCUT2D eigenvalue weighted by Crippen LogP contribution is 2.40. The van der Waals surface area contributed by atoms with Crippen LogP contribution in [0.1, 0.15) is 31.1 Å². The van der Waals surface area contributed by atoms with Crippen LogP contribution in [0.5, 0.6) is 11.5 Å². The molecule has 1 aromatic rings. The number of aliphatic hydroxyl groups excluding tert-OH is 1. The average molecular weight is 255 g/mol. The molecule has 0 bridgehead atoms. The second-order valence-corrected chi connectivity index (χ2v) is 4.81. The van der Waals surface area contributed by atoms with Crippen LogP contribution < -0.4 is 15.2 Å². The summed E-state index contributed by atoms with van der Waals surface area (Å²) in [6.45, 7) is 3.79. The van der Waals surface area contributed by atoms with Gasteiger partial charge in [-0.05, 0) is 37.1 Å². The number of ether oxygens (including phenoxy) is 2. The summed E-state index contributed by atoms with van der Waals surface area (Å²) in [5, 5.41) is 9.89. The molecule has 0 aliphatic carbocycles. The van der Waals surface area contributed by atoms with E-state index >= 15 is 0 Å². The van der Waals surface area contributed by atoms with Crippen molar-refractivity contribution >= 4 is 0 Å². The van der Waals surface area contributed by atoms with Crippen molar-refractivity contribution in [3.8, 4) is 11.5 Å². The number of fused-ring (bicyclic) bond motifs is 1. The van der Waals surface area contributed by atoms with Crippen LogP contribution in [0.3, 0.4) is 0 Å². The van der Waals surface area contributed by atoms with E-state index < -0.39 is 11.8 Å². The molecule has 2 rings (SSSR count). The number of alkyl halides is 1. The van der Waals surface area contributed by atoms with E-state index in [1.165, 1.54) is 13.8 Å². The fourth-order valence-electron chi connectivity index (χ4n) is 2.02. The van der Waals surface area contributed by atoms with Gasteiger partial charge < -0.3 is 20.3 Å². The molecule has 0 aromatic heterocycles. The van der Waals surface area contributed by atoms with E-state index in [1.54, 1.807) is 12.1 Å². The molecule has 0 fully saturated rings. The number of aliphatic hydroxyl groups is 1. The van der Waals surface area contributed by atoms with E-state index in [0.29, 0.717) is 35.8 Å². The highest BCUT2D eigenvalue weighted by atomic mass is 19.1. The molecular weight excluding hydrogens is 237 g/mol. The lowest BCUT2D eigenvalue weighted by atomic mass is 9.91. The Balaban J connectivity index is 2.54. The van der Waals surface area contributed by atoms with Gasteiger partial charge in [-0.1, -0.05) is 0 Å². The zero-order valence-electron chi connectivity index (χ0n) is 10.6. The molecule has 0 saturated carbocycles. The Labute approximate surface area is 106 Å². The zero-order chi connectivity index (χ0) is 13.3. The first kappa shape index (κ1) is 13.1. The first-order valence-electron chi connectivity index (χ1n) is 5.94. The van der Waals surface area contributed by atoms with Crippen LogP contribution in [0.25, 0.3) is 0 Å². The predicted octanol–water partition coefficient (Wildman–Crippen LogP) is 1.65. The number of nitrogens with two attached hydrogens (primary N) is 1. The lowest BCUT2D eigenvalue weighted by molar-refractivity contribution is 0.157. The Morgan fingerprint density at radius 1 is 1.33 bits per heavy atom. The van der Waals surface area contributed by atoms with Crippen LogP contribution in [0.15, 0.2) is 12.1 Å². The summed E-state index contributed by atoms with van der Waals surface area (Å²) in [5.74, 6) is 1.03. The van der Waals surface area contributed by atoms with E-state index in [1.807, 2.05) is 0 Å². The van der Waals surface area contributed by atoms with E-state index in [-0.39, 0.29) is 6.54 Å². The van der Waals surface area contributed by atoms with Crippen molar-refractivity contribution in [3.05, 3.63) is 23.3 Å². The largest absolute Gasteiger partial charge is 0.486 e. The Hall–Kier alpha value is -1.33. The van der Waals surface area contributed by atoms with Crippen molar-refractivity contribution in [1.82, 2.24) is 0 Å². The topological polar surface area (TPSA) is 64.7 Å². The maximum atomic E-state index is 14.2. The minimum Gasteiger partial charge on any atom is -0.486 e. The third-order valence-corrected chi connectivity index (χ3v) is 2.94. The molecular formula is C13H18FNO3. The highest BCUT2D eigenvalue weighted by molar-refractivity contribution is 5.50. The molecule has 1 aromatic carbocycles. The molecule has 1 heterocycles. The van der Waals surface area contributed by atoms with Crippen molar-refractivity contribution < 1.29 is 19.0 Å². The molecule has 4 nitrogen and oxygen atoms in total. The van der Waals surface area contributed by atoms with E-state index in [2.05, 4.69) is 0 Å². The Morgan fingerprint density at radius 2 is 1.89 bits per heavy atom. The third-order valence-electron chi connectivity index (χ3n) is 2.94. The van der Waals surface area contributed by atoms with Gasteiger partial charge in [0.2, 0.25) is 0 Å². The van der Waals surface area contributed by atoms with Crippen molar-refractivity contribution in [2.24, 2.45) is 5.73 Å². The Morgan fingerprint density at radius 3 is 2.39 bits per heavy atom. The minimum absolute atomic E-state index is 0.0305. The van der Waals surface area contributed by atoms with Gasteiger partial charge in [0.1, 0.15) is 18.9 Å². The lowest BCUT2D eigenvalue weighted by Gasteiger charge is -2.26. The van der Waals surface area contributed by atoms with E-state index in [9.17, 15) is 9.50 Å². The molecule has 1 unspecified atom stereocenters. The molecule has 5 heteroatoms. The van der Waals surface area contributed by atoms with Gasteiger partial charge in [0, 0.05) is 6.54 Å². The van der Waals surface area contributed by atoms with Crippen molar-refractivity contribution in [2.75, 3.05) is 19.8 Å². The summed E-state index contributed by atoms with van der Waals surface area (Å²) in [7, 11) is 0. The van der Waals surface area contributed by atoms with Crippen molar-refractivity contribution in [2.45, 2.75) is 25.6 Å². The molecule has 1 aliphatic heterocycles. The molecule has 0 radical (unpaired) electrons. The van der Waals surface area contributed by atoms with Crippen LogP contribution in [0.4, 0.5) is 4.39 Å². The number of hydrogen-bond donors (Lipinski definition) is 2. The lowest BCUT2D eigenvalue weighted by Crippen LogP contribution is -2.22. The number of rotatable bonds is 3. The number of benzene rings is 1. The quantitative estimate of drug-likeness (QED) is 0.862. The van der Waals surface area contributed by atoms with Crippen LogP contribution in [-0.4, -0.2) is 24.9 Å². The van der Waals surface area contributed by atoms with E-state index in [0.717, 1.165) is 0 Å². The third kappa shape index (κ3) is 2.42. The summed E-state index contributed by atoms with van der Waals surface area (Å²) in [6, 6.07) is 3.20. The normalized spacial score (nSPS) is 16.5. The summed E-state index contributed by atoms with van der Waals surface area (Å²) in [5.41, 5.74) is 4.70. The van der Waals surface area contributed by atoms with Gasteiger partial charge in [0.15, 0.2) is 11.5 Å². The van der Waals surface area contributed by atoms with Gasteiger partial charge in [-0.15, -0.1) is 0 Å². The van der Waals surface area contributed by atoms with Gasteiger partial charge >= 0.3 is 0 Å². The second-order valence-electron chi connectivity index (χ2n) is 4.81. The van der Waals surface area contributed by atoms with Crippen molar-refractivity contribution in [3.63, 3.8) is 0 Å². The van der Waals surface area contributed by atoms with Gasteiger partial charge in [0.05, 0.1) is 6.10 Å². The molecule has 0 saturated heterocycles. The zero-order valence-corrected chi connectivity index (χ0v) is 10.6. The van der Waals surface area contributed by atoms with Crippen LogP contribution in [-0.2, 0) is 5.67 Å². The Kier molecular flexibility index (Phi) is 3.45. The second kappa shape index (κ2) is 4.74. The first-order valence-corrected chi connectivity index (χ1v) is 5.94. The number of hydrogen-bond acceptors (Lipinski definition) is 4. The number of halogens is 1. The average Bonchev–Trinajstić information content (AvgIpc) is 2.35. The first-order chi connectivity index (χ1) is 8.43. The molecule has 0 amide bonds. The monoisotopic (exact) mass is 255 g/mol. The molecule has 18 heavy (non-hydrogen) atoms. The molecule has 0 spiro atoms. The summed E-state index contributed by atoms with van der Waals surface area (Å²) < 4.78 is 25.1. The van der Waals surface area contributed by atoms with E-state index in [4.69, 9.17) is 15.2 Å². The minimum atomic E-state index is -1.58. The summed E-state index contributed by atoms with van der Waals surface area (Å²) in [6.07, 6.45) is -0.911. The molecule has 1 atom stereocenters. The maximum Gasteiger partial charge on any atom is 0.161 e. The van der Waals surface area contributed by atoms with Gasteiger partial charge in [-0.25, -0.2) is 4.39 Å². The fourth-order valence-corrected chi connectivity index (χ4v) is 2.02. The summed E-state index contributed by atoms with van der Waals surface area (Å²) in [4.78, 5) is 0. The molecule has 3 N–H and O–H groups in total. The Bertz CT molecular complexity index is 443. The van der Waals surface area contributed by atoms with Gasteiger partial charge in [-0.3, -0.25) is 0 Å².